The van der Waals surface area contributed by atoms with Crippen molar-refractivity contribution in [3.05, 3.63) is 58.9 Å². The van der Waals surface area contributed by atoms with Crippen LogP contribution in [-0.4, -0.2) is 62.3 Å². The summed E-state index contributed by atoms with van der Waals surface area (Å²) in [5.41, 5.74) is -0.00747. The summed E-state index contributed by atoms with van der Waals surface area (Å²) >= 11 is 6.01. The van der Waals surface area contributed by atoms with Gasteiger partial charge in [-0.25, -0.2) is 18.8 Å². The average Bonchev–Trinajstić information content (AvgIpc) is 2.93. The van der Waals surface area contributed by atoms with Crippen LogP contribution in [-0.2, 0) is 49.3 Å². The van der Waals surface area contributed by atoms with E-state index < -0.39 is 53.7 Å². The Morgan fingerprint density at radius 1 is 0.854 bits per heavy atom. The molecule has 0 aliphatic rings. The van der Waals surface area contributed by atoms with Crippen molar-refractivity contribution in [2.75, 3.05) is 26.4 Å². The number of esters is 4. The molecular formula is C29H33ClFNO9. The molecule has 2 aromatic carbocycles. The van der Waals surface area contributed by atoms with Gasteiger partial charge >= 0.3 is 29.8 Å². The summed E-state index contributed by atoms with van der Waals surface area (Å²) in [7, 11) is 0. The van der Waals surface area contributed by atoms with E-state index in [1.807, 2.05) is 0 Å². The van der Waals surface area contributed by atoms with E-state index in [-0.39, 0.29) is 32.7 Å². The van der Waals surface area contributed by atoms with Crippen molar-refractivity contribution < 1.29 is 47.3 Å². The lowest BCUT2D eigenvalue weighted by Crippen LogP contribution is -2.47. The molecule has 1 N–H and O–H groups in total. The van der Waals surface area contributed by atoms with Gasteiger partial charge in [-0.3, -0.25) is 9.59 Å². The minimum Gasteiger partial charge on any atom is -0.465 e. The number of hydrogen-bond donors (Lipinski definition) is 1. The lowest BCUT2D eigenvalue weighted by Gasteiger charge is -2.31. The van der Waals surface area contributed by atoms with Crippen LogP contribution in [0.25, 0.3) is 11.1 Å². The number of ether oxygens (including phenoxy) is 4. The van der Waals surface area contributed by atoms with Crippen molar-refractivity contribution in [1.82, 2.24) is 5.32 Å². The highest BCUT2D eigenvalue weighted by Crippen LogP contribution is 2.29. The van der Waals surface area contributed by atoms with Crippen molar-refractivity contribution in [2.24, 2.45) is 5.41 Å². The summed E-state index contributed by atoms with van der Waals surface area (Å²) in [5.74, 6) is -5.87. The molecule has 12 heteroatoms. The van der Waals surface area contributed by atoms with E-state index in [4.69, 9.17) is 25.8 Å². The second-order valence-corrected chi connectivity index (χ2v) is 9.63. The van der Waals surface area contributed by atoms with E-state index in [1.54, 1.807) is 38.1 Å². The van der Waals surface area contributed by atoms with Crippen LogP contribution < -0.4 is 5.32 Å². The fourth-order valence-corrected chi connectivity index (χ4v) is 4.14. The maximum atomic E-state index is 14.3. The topological polar surface area (TPSA) is 134 Å². The first-order valence-corrected chi connectivity index (χ1v) is 13.3. The molecule has 222 valence electrons. The standard InChI is InChI=1S/C29H33ClFNO9/c1-5-38-25(34)24(33)32-21(14-18-8-10-19(11-9-18)22-15-20(30)12-13-23(22)31)16-29(4,28(37)40-7-3)17-41-27(36)26(35)39-6-2/h8-13,15,21H,5-7,14,16-17H2,1-4H3,(H,32,33)/t21-,29?/m1/s1. The fourth-order valence-electron chi connectivity index (χ4n) is 3.96. The first kappa shape index (κ1) is 33.2. The van der Waals surface area contributed by atoms with Gasteiger partial charge in [0.15, 0.2) is 0 Å². The molecule has 2 atom stereocenters. The van der Waals surface area contributed by atoms with Crippen LogP contribution in [0.15, 0.2) is 42.5 Å². The molecular weight excluding hydrogens is 561 g/mol. The van der Waals surface area contributed by atoms with Gasteiger partial charge in [-0.05, 0) is 69.9 Å². The highest BCUT2D eigenvalue weighted by atomic mass is 35.5. The van der Waals surface area contributed by atoms with E-state index in [9.17, 15) is 28.4 Å². The zero-order chi connectivity index (χ0) is 30.6. The van der Waals surface area contributed by atoms with Gasteiger partial charge < -0.3 is 24.3 Å². The lowest BCUT2D eigenvalue weighted by molar-refractivity contribution is -0.173. The molecule has 0 bridgehead atoms. The Morgan fingerprint density at radius 2 is 1.44 bits per heavy atom. The summed E-state index contributed by atoms with van der Waals surface area (Å²) in [4.78, 5) is 61.3. The SMILES string of the molecule is CCOC(=O)C(=O)N[C@H](Cc1ccc(-c2cc(Cl)ccc2F)cc1)CC(C)(COC(=O)C(=O)OCC)C(=O)OCC. The molecule has 1 amide bonds. The zero-order valence-electron chi connectivity index (χ0n) is 23.3. The van der Waals surface area contributed by atoms with Crippen molar-refractivity contribution in [3.8, 4) is 11.1 Å². The molecule has 0 saturated carbocycles. The molecule has 0 aliphatic carbocycles. The lowest BCUT2D eigenvalue weighted by atomic mass is 9.82. The number of halogens is 2. The first-order valence-electron chi connectivity index (χ1n) is 13.0. The van der Waals surface area contributed by atoms with Crippen LogP contribution in [0.3, 0.4) is 0 Å². The van der Waals surface area contributed by atoms with Crippen molar-refractivity contribution in [2.45, 2.75) is 46.6 Å². The van der Waals surface area contributed by atoms with Gasteiger partial charge in [0.1, 0.15) is 17.8 Å². The average molecular weight is 594 g/mol. The molecule has 0 aliphatic heterocycles. The van der Waals surface area contributed by atoms with E-state index in [2.05, 4.69) is 10.1 Å². The summed E-state index contributed by atoms with van der Waals surface area (Å²) in [5, 5.41) is 2.94. The van der Waals surface area contributed by atoms with E-state index in [0.29, 0.717) is 21.7 Å². The first-order chi connectivity index (χ1) is 19.4. The highest BCUT2D eigenvalue weighted by Gasteiger charge is 2.40. The van der Waals surface area contributed by atoms with Gasteiger partial charge in [0.2, 0.25) is 0 Å². The molecule has 0 heterocycles. The van der Waals surface area contributed by atoms with Crippen molar-refractivity contribution in [3.63, 3.8) is 0 Å². The molecule has 0 radical (unpaired) electrons. The normalized spacial score (nSPS) is 12.8. The third-order valence-electron chi connectivity index (χ3n) is 5.90. The van der Waals surface area contributed by atoms with E-state index in [1.165, 1.54) is 32.0 Å². The number of nitrogens with one attached hydrogen (secondary N) is 1. The third kappa shape index (κ3) is 9.86. The minimum atomic E-state index is -1.53. The van der Waals surface area contributed by atoms with Gasteiger partial charge in [0.25, 0.3) is 0 Å². The van der Waals surface area contributed by atoms with Crippen LogP contribution in [0.4, 0.5) is 4.39 Å². The Kier molecular flexibility index (Phi) is 12.7. The Bertz CT molecular complexity index is 1250. The fraction of sp³-hybridized carbons (Fsp3) is 0.414. The second kappa shape index (κ2) is 15.7. The molecule has 0 spiro atoms. The van der Waals surface area contributed by atoms with Crippen LogP contribution >= 0.6 is 11.6 Å². The Labute approximate surface area is 242 Å². The van der Waals surface area contributed by atoms with E-state index >= 15 is 0 Å². The monoisotopic (exact) mass is 593 g/mol. The molecule has 0 saturated heterocycles. The van der Waals surface area contributed by atoms with Crippen LogP contribution in [0.5, 0.6) is 0 Å². The second-order valence-electron chi connectivity index (χ2n) is 9.20. The Hall–Kier alpha value is -3.99. The van der Waals surface area contributed by atoms with Crippen molar-refractivity contribution in [1.29, 1.82) is 0 Å². The number of rotatable bonds is 12. The van der Waals surface area contributed by atoms with E-state index in [0.717, 1.165) is 0 Å². The van der Waals surface area contributed by atoms with Gasteiger partial charge in [-0.1, -0.05) is 35.9 Å². The summed E-state index contributed by atoms with van der Waals surface area (Å²) in [6, 6.07) is 10.1. The maximum absolute atomic E-state index is 14.3. The summed E-state index contributed by atoms with van der Waals surface area (Å²) < 4.78 is 34.0. The molecule has 41 heavy (non-hydrogen) atoms. The predicted molar refractivity (Wildman–Crippen MR) is 146 cm³/mol. The van der Waals surface area contributed by atoms with Gasteiger partial charge in [-0.15, -0.1) is 0 Å². The van der Waals surface area contributed by atoms with Gasteiger partial charge in [0, 0.05) is 16.6 Å². The molecule has 2 rings (SSSR count). The predicted octanol–water partition coefficient (Wildman–Crippen LogP) is 3.80. The van der Waals surface area contributed by atoms with Crippen LogP contribution in [0, 0.1) is 11.2 Å². The van der Waals surface area contributed by atoms with Crippen LogP contribution in [0.1, 0.15) is 39.7 Å². The largest absolute Gasteiger partial charge is 0.465 e. The molecule has 0 fully saturated rings. The molecule has 0 aromatic heterocycles. The van der Waals surface area contributed by atoms with Crippen LogP contribution in [0.2, 0.25) is 5.02 Å². The number of benzene rings is 2. The molecule has 1 unspecified atom stereocenters. The third-order valence-corrected chi connectivity index (χ3v) is 6.14. The number of hydrogen-bond acceptors (Lipinski definition) is 9. The highest BCUT2D eigenvalue weighted by molar-refractivity contribution is 6.32. The molecule has 2 aromatic rings. The molecule has 10 nitrogen and oxygen atoms in total. The number of carbonyl (C=O) groups excluding carboxylic acids is 5. The Morgan fingerprint density at radius 3 is 2.05 bits per heavy atom. The van der Waals surface area contributed by atoms with Crippen molar-refractivity contribution >= 4 is 41.4 Å². The quantitative estimate of drug-likeness (QED) is 0.221. The number of amides is 1. The smallest absolute Gasteiger partial charge is 0.417 e. The van der Waals surface area contributed by atoms with Gasteiger partial charge in [0.05, 0.1) is 19.8 Å². The van der Waals surface area contributed by atoms with Gasteiger partial charge in [-0.2, -0.15) is 0 Å². The summed E-state index contributed by atoms with van der Waals surface area (Å²) in [6.07, 6.45) is -0.0397. The maximum Gasteiger partial charge on any atom is 0.417 e. The summed E-state index contributed by atoms with van der Waals surface area (Å²) in [6.45, 7) is 5.47. The minimum absolute atomic E-state index is 0.0155. The zero-order valence-corrected chi connectivity index (χ0v) is 24.0. The Balaban J connectivity index is 2.35. The number of carbonyl (C=O) groups is 5.